The van der Waals surface area contributed by atoms with Crippen molar-refractivity contribution in [2.45, 2.75) is 90.3 Å². The Morgan fingerprint density at radius 2 is 1.41 bits per heavy atom. The number of pyridine rings is 2. The van der Waals surface area contributed by atoms with Crippen LogP contribution in [0.15, 0.2) is 48.8 Å². The predicted molar refractivity (Wildman–Crippen MR) is 152 cm³/mol. The number of carbonyl (C=O) groups is 3. The lowest BCUT2D eigenvalue weighted by Crippen LogP contribution is -2.41. The third kappa shape index (κ3) is 19.7. The van der Waals surface area contributed by atoms with Crippen LogP contribution in [0.25, 0.3) is 0 Å². The summed E-state index contributed by atoms with van der Waals surface area (Å²) in [6.45, 7) is 4.76. The molecule has 2 aromatic heterocycles. The molecule has 11 heteroatoms. The maximum atomic E-state index is 12.3. The predicted octanol–water partition coefficient (Wildman–Crippen LogP) is 4.14. The first kappa shape index (κ1) is 35.1. The van der Waals surface area contributed by atoms with Gasteiger partial charge in [0.2, 0.25) is 0 Å². The number of unbranched alkanes of at least 4 members (excludes halogenated alkanes) is 4. The number of hydrogen-bond acceptors (Lipinski definition) is 8. The summed E-state index contributed by atoms with van der Waals surface area (Å²) >= 11 is 0. The van der Waals surface area contributed by atoms with E-state index in [4.69, 9.17) is 14.7 Å². The number of aliphatic carboxylic acids is 1. The van der Waals surface area contributed by atoms with Gasteiger partial charge in [-0.05, 0) is 69.8 Å². The van der Waals surface area contributed by atoms with Gasteiger partial charge >= 0.3 is 18.2 Å². The molecule has 0 bridgehead atoms. The molecule has 0 fully saturated rings. The lowest BCUT2D eigenvalue weighted by atomic mass is 10.1. The van der Waals surface area contributed by atoms with Crippen molar-refractivity contribution in [1.82, 2.24) is 25.5 Å². The standard InChI is InChI=1S/C29H43N5O4.CO2/c1-24(16-17-28(36)37)33-29(38)32-20-8-3-2-4-14-27(35)15-7-11-21-34(22-25-12-5-9-18-30-25)23-26-13-6-10-19-31-26;2-1-3/h5-6,9-10,12-13,18-19,24H,2-4,7-8,11,14-17,20-23H2,1H3,(H,36,37)(H2,32,33,38);. The number of aromatic nitrogens is 2. The van der Waals surface area contributed by atoms with Crippen molar-refractivity contribution in [2.24, 2.45) is 0 Å². The van der Waals surface area contributed by atoms with Crippen LogP contribution in [0.3, 0.4) is 0 Å². The van der Waals surface area contributed by atoms with Crippen LogP contribution in [0.5, 0.6) is 0 Å². The molecule has 3 N–H and O–H groups in total. The smallest absolute Gasteiger partial charge is 0.373 e. The summed E-state index contributed by atoms with van der Waals surface area (Å²) in [4.78, 5) is 62.2. The third-order valence-electron chi connectivity index (χ3n) is 6.24. The van der Waals surface area contributed by atoms with Crippen molar-refractivity contribution in [3.8, 4) is 0 Å². The minimum atomic E-state index is -0.864. The van der Waals surface area contributed by atoms with Crippen molar-refractivity contribution in [1.29, 1.82) is 0 Å². The zero-order chi connectivity index (χ0) is 30.1. The summed E-state index contributed by atoms with van der Waals surface area (Å²) in [7, 11) is 0. The number of carbonyl (C=O) groups excluding carboxylic acids is 4. The maximum absolute atomic E-state index is 12.3. The van der Waals surface area contributed by atoms with E-state index < -0.39 is 5.97 Å². The number of amides is 2. The Balaban J connectivity index is 0.00000268. The van der Waals surface area contributed by atoms with Gasteiger partial charge < -0.3 is 15.7 Å². The van der Waals surface area contributed by atoms with Gasteiger partial charge in [0.05, 0.1) is 11.4 Å². The van der Waals surface area contributed by atoms with E-state index in [2.05, 4.69) is 25.5 Å². The lowest BCUT2D eigenvalue weighted by Gasteiger charge is -2.21. The molecule has 2 rings (SSSR count). The number of Topliss-reactive ketones (excluding diaryl/α,β-unsaturated/α-hetero) is 1. The first-order chi connectivity index (χ1) is 19.8. The summed E-state index contributed by atoms with van der Waals surface area (Å²) in [5, 5.41) is 14.2. The van der Waals surface area contributed by atoms with Crippen molar-refractivity contribution in [3.05, 3.63) is 60.2 Å². The van der Waals surface area contributed by atoms with E-state index in [-0.39, 0.29) is 24.6 Å². The monoisotopic (exact) mass is 569 g/mol. The molecule has 2 amide bonds. The number of urea groups is 1. The fourth-order valence-electron chi connectivity index (χ4n) is 4.13. The fraction of sp³-hybridized carbons (Fsp3) is 0.533. The largest absolute Gasteiger partial charge is 0.481 e. The molecule has 11 nitrogen and oxygen atoms in total. The lowest BCUT2D eigenvalue weighted by molar-refractivity contribution is -0.191. The molecule has 0 aliphatic carbocycles. The number of rotatable bonds is 20. The Labute approximate surface area is 242 Å². The van der Waals surface area contributed by atoms with E-state index >= 15 is 0 Å². The molecule has 41 heavy (non-hydrogen) atoms. The summed E-state index contributed by atoms with van der Waals surface area (Å²) in [5.74, 6) is -0.545. The topological polar surface area (TPSA) is 159 Å². The van der Waals surface area contributed by atoms with Gasteiger partial charge in [-0.2, -0.15) is 9.59 Å². The number of nitrogens with zero attached hydrogens (tertiary/aromatic N) is 3. The van der Waals surface area contributed by atoms with Crippen LogP contribution >= 0.6 is 0 Å². The molecule has 2 heterocycles. The molecular weight excluding hydrogens is 526 g/mol. The highest BCUT2D eigenvalue weighted by Gasteiger charge is 2.10. The average molecular weight is 570 g/mol. The summed E-state index contributed by atoms with van der Waals surface area (Å²) in [6.07, 6.45) is 11.0. The first-order valence-electron chi connectivity index (χ1n) is 14.1. The highest BCUT2D eigenvalue weighted by atomic mass is 16.4. The van der Waals surface area contributed by atoms with E-state index in [1.54, 1.807) is 6.92 Å². The second-order valence-corrected chi connectivity index (χ2v) is 9.83. The van der Waals surface area contributed by atoms with Crippen LogP contribution in [0.2, 0.25) is 0 Å². The Bertz CT molecular complexity index is 991. The number of nitrogens with one attached hydrogen (secondary N) is 2. The molecule has 0 aliphatic heterocycles. The van der Waals surface area contributed by atoms with Gasteiger partial charge in [-0.3, -0.25) is 24.5 Å². The minimum Gasteiger partial charge on any atom is -0.481 e. The summed E-state index contributed by atoms with van der Waals surface area (Å²) in [5.41, 5.74) is 2.06. The Kier molecular flexibility index (Phi) is 19.5. The molecule has 0 spiro atoms. The SMILES string of the molecule is CC(CCC(=O)O)NC(=O)NCCCCCCC(=O)CCCCN(Cc1ccccn1)Cc1ccccn1.O=C=O. The Morgan fingerprint density at radius 3 is 1.95 bits per heavy atom. The summed E-state index contributed by atoms with van der Waals surface area (Å²) in [6, 6.07) is 11.5. The fourth-order valence-corrected chi connectivity index (χ4v) is 4.13. The molecule has 0 radical (unpaired) electrons. The quantitative estimate of drug-likeness (QED) is 0.199. The molecule has 1 atom stereocenters. The molecule has 1 unspecified atom stereocenters. The zero-order valence-electron chi connectivity index (χ0n) is 23.9. The highest BCUT2D eigenvalue weighted by Crippen LogP contribution is 2.11. The number of ketones is 1. The van der Waals surface area contributed by atoms with Gasteiger partial charge in [0.1, 0.15) is 5.78 Å². The zero-order valence-corrected chi connectivity index (χ0v) is 23.9. The van der Waals surface area contributed by atoms with Gasteiger partial charge in [0.15, 0.2) is 0 Å². The molecular formula is C30H43N5O6. The van der Waals surface area contributed by atoms with E-state index in [0.717, 1.165) is 69.5 Å². The normalized spacial score (nSPS) is 11.1. The molecule has 0 saturated heterocycles. The van der Waals surface area contributed by atoms with Gasteiger partial charge in [0.25, 0.3) is 0 Å². The highest BCUT2D eigenvalue weighted by molar-refractivity contribution is 5.78. The van der Waals surface area contributed by atoms with Crippen LogP contribution in [0, 0.1) is 0 Å². The second kappa shape index (κ2) is 22.8. The molecule has 0 aromatic carbocycles. The van der Waals surface area contributed by atoms with E-state index in [0.29, 0.717) is 31.6 Å². The molecule has 2 aromatic rings. The van der Waals surface area contributed by atoms with Gasteiger partial charge in [-0.15, -0.1) is 0 Å². The molecule has 224 valence electrons. The third-order valence-corrected chi connectivity index (χ3v) is 6.24. The van der Waals surface area contributed by atoms with Crippen molar-refractivity contribution >= 4 is 23.9 Å². The molecule has 0 saturated carbocycles. The Hall–Kier alpha value is -3.95. The van der Waals surface area contributed by atoms with Gasteiger partial charge in [-0.1, -0.05) is 25.0 Å². The van der Waals surface area contributed by atoms with Crippen LogP contribution in [0.1, 0.15) is 82.5 Å². The van der Waals surface area contributed by atoms with Crippen LogP contribution < -0.4 is 10.6 Å². The average Bonchev–Trinajstić information content (AvgIpc) is 2.95. The minimum absolute atomic E-state index is 0.0383. The molecule has 0 aliphatic rings. The maximum Gasteiger partial charge on any atom is 0.373 e. The van der Waals surface area contributed by atoms with Crippen molar-refractivity contribution in [3.63, 3.8) is 0 Å². The van der Waals surface area contributed by atoms with Crippen molar-refractivity contribution < 1.29 is 29.1 Å². The first-order valence-corrected chi connectivity index (χ1v) is 14.1. The van der Waals surface area contributed by atoms with Crippen molar-refractivity contribution in [2.75, 3.05) is 13.1 Å². The van der Waals surface area contributed by atoms with Crippen LogP contribution in [-0.2, 0) is 32.3 Å². The second-order valence-electron chi connectivity index (χ2n) is 9.83. The van der Waals surface area contributed by atoms with Crippen LogP contribution in [-0.4, -0.2) is 63.0 Å². The number of hydrogen-bond donors (Lipinski definition) is 3. The van der Waals surface area contributed by atoms with Crippen LogP contribution in [0.4, 0.5) is 4.79 Å². The van der Waals surface area contributed by atoms with E-state index in [9.17, 15) is 14.4 Å². The number of carboxylic acid groups (broad SMARTS) is 1. The van der Waals surface area contributed by atoms with Gasteiger partial charge in [0, 0.05) is 57.3 Å². The summed E-state index contributed by atoms with van der Waals surface area (Å²) < 4.78 is 0. The van der Waals surface area contributed by atoms with Gasteiger partial charge in [-0.25, -0.2) is 4.79 Å². The Morgan fingerprint density at radius 1 is 0.854 bits per heavy atom. The van der Waals surface area contributed by atoms with E-state index in [1.165, 1.54) is 0 Å². The number of carboxylic acids is 1. The van der Waals surface area contributed by atoms with E-state index in [1.807, 2.05) is 48.8 Å².